The van der Waals surface area contributed by atoms with Gasteiger partial charge in [-0.2, -0.15) is 0 Å². The van der Waals surface area contributed by atoms with Gasteiger partial charge in [-0.15, -0.1) is 0 Å². The van der Waals surface area contributed by atoms with Gasteiger partial charge in [-0.05, 0) is 73.6 Å². The van der Waals surface area contributed by atoms with Gasteiger partial charge in [0.05, 0.1) is 0 Å². The second-order valence-corrected chi connectivity index (χ2v) is 6.74. The van der Waals surface area contributed by atoms with E-state index in [2.05, 4.69) is 43.0 Å². The molecule has 0 amide bonds. The first kappa shape index (κ1) is 18.7. The standard InChI is InChI=1S/C19H23ClN2.C2H6/c1-13-11-18(12-14(2)19(13)21)22-9-7-16(8-10-22)15-3-5-17(20)6-4-15;1-2/h3-6,11-12,16H,7-10,21H2,1-2H3;1-2H3. The second kappa shape index (κ2) is 8.43. The highest BCUT2D eigenvalue weighted by Crippen LogP contribution is 2.32. The van der Waals surface area contributed by atoms with E-state index in [1.165, 1.54) is 35.2 Å². The van der Waals surface area contributed by atoms with Crippen molar-refractivity contribution in [2.45, 2.75) is 46.5 Å². The summed E-state index contributed by atoms with van der Waals surface area (Å²) in [6, 6.07) is 12.8. The summed E-state index contributed by atoms with van der Waals surface area (Å²) >= 11 is 5.98. The molecule has 0 saturated carbocycles. The van der Waals surface area contributed by atoms with Crippen molar-refractivity contribution in [1.29, 1.82) is 0 Å². The fraction of sp³-hybridized carbons (Fsp3) is 0.429. The number of aryl methyl sites for hydroxylation is 2. The van der Waals surface area contributed by atoms with E-state index in [0.717, 1.165) is 23.8 Å². The van der Waals surface area contributed by atoms with Crippen molar-refractivity contribution in [3.8, 4) is 0 Å². The van der Waals surface area contributed by atoms with Crippen molar-refractivity contribution < 1.29 is 0 Å². The Morgan fingerprint density at radius 1 is 0.958 bits per heavy atom. The zero-order valence-electron chi connectivity index (χ0n) is 15.3. The number of nitrogens with two attached hydrogens (primary N) is 1. The molecular weight excluding hydrogens is 316 g/mol. The molecule has 0 aromatic heterocycles. The number of rotatable bonds is 2. The lowest BCUT2D eigenvalue weighted by Gasteiger charge is -2.34. The van der Waals surface area contributed by atoms with Crippen LogP contribution in [-0.4, -0.2) is 13.1 Å². The van der Waals surface area contributed by atoms with Gasteiger partial charge in [0.25, 0.3) is 0 Å². The number of benzene rings is 2. The Morgan fingerprint density at radius 2 is 1.46 bits per heavy atom. The third kappa shape index (κ3) is 4.24. The van der Waals surface area contributed by atoms with Gasteiger partial charge in [0.1, 0.15) is 0 Å². The van der Waals surface area contributed by atoms with E-state index >= 15 is 0 Å². The highest BCUT2D eigenvalue weighted by Gasteiger charge is 2.21. The van der Waals surface area contributed by atoms with Crippen LogP contribution in [0.4, 0.5) is 11.4 Å². The molecule has 0 unspecified atom stereocenters. The van der Waals surface area contributed by atoms with Crippen LogP contribution in [0, 0.1) is 13.8 Å². The molecule has 3 rings (SSSR count). The van der Waals surface area contributed by atoms with Gasteiger partial charge in [-0.25, -0.2) is 0 Å². The first-order valence-electron chi connectivity index (χ1n) is 8.91. The summed E-state index contributed by atoms with van der Waals surface area (Å²) in [5.74, 6) is 0.643. The van der Waals surface area contributed by atoms with Crippen LogP contribution in [-0.2, 0) is 0 Å². The Bertz CT molecular complexity index is 633. The molecule has 0 bridgehead atoms. The highest BCUT2D eigenvalue weighted by molar-refractivity contribution is 6.30. The van der Waals surface area contributed by atoms with Crippen molar-refractivity contribution in [2.75, 3.05) is 23.7 Å². The highest BCUT2D eigenvalue weighted by atomic mass is 35.5. The monoisotopic (exact) mass is 344 g/mol. The van der Waals surface area contributed by atoms with E-state index in [0.29, 0.717) is 5.92 Å². The molecule has 1 aliphatic heterocycles. The lowest BCUT2D eigenvalue weighted by molar-refractivity contribution is 0.505. The summed E-state index contributed by atoms with van der Waals surface area (Å²) in [7, 11) is 0. The second-order valence-electron chi connectivity index (χ2n) is 6.31. The normalized spacial score (nSPS) is 15.0. The largest absolute Gasteiger partial charge is 0.398 e. The topological polar surface area (TPSA) is 29.3 Å². The number of halogens is 1. The van der Waals surface area contributed by atoms with Crippen LogP contribution in [0.5, 0.6) is 0 Å². The number of hydrogen-bond donors (Lipinski definition) is 1. The van der Waals surface area contributed by atoms with Gasteiger partial charge in [0.2, 0.25) is 0 Å². The Labute approximate surface area is 151 Å². The average Bonchev–Trinajstić information content (AvgIpc) is 2.62. The van der Waals surface area contributed by atoms with Gasteiger partial charge in [0, 0.05) is 29.5 Å². The fourth-order valence-electron chi connectivity index (χ4n) is 3.34. The third-order valence-electron chi connectivity index (χ3n) is 4.78. The van der Waals surface area contributed by atoms with Gasteiger partial charge in [-0.3, -0.25) is 0 Å². The number of nitrogen functional groups attached to an aromatic ring is 1. The van der Waals surface area contributed by atoms with E-state index in [1.54, 1.807) is 0 Å². The maximum Gasteiger partial charge on any atom is 0.0406 e. The maximum absolute atomic E-state index is 6.06. The quantitative estimate of drug-likeness (QED) is 0.682. The van der Waals surface area contributed by atoms with Crippen LogP contribution in [0.15, 0.2) is 36.4 Å². The van der Waals surface area contributed by atoms with Crippen LogP contribution in [0.1, 0.15) is 49.3 Å². The van der Waals surface area contributed by atoms with Crippen LogP contribution in [0.2, 0.25) is 5.02 Å². The Hall–Kier alpha value is -1.67. The molecule has 24 heavy (non-hydrogen) atoms. The lowest BCUT2D eigenvalue weighted by Crippen LogP contribution is -2.33. The number of piperidine rings is 1. The molecule has 2 aromatic rings. The van der Waals surface area contributed by atoms with Crippen molar-refractivity contribution in [2.24, 2.45) is 0 Å². The SMILES string of the molecule is CC.Cc1cc(N2CCC(c3ccc(Cl)cc3)CC2)cc(C)c1N. The summed E-state index contributed by atoms with van der Waals surface area (Å²) < 4.78 is 0. The minimum Gasteiger partial charge on any atom is -0.398 e. The van der Waals surface area contributed by atoms with Crippen molar-refractivity contribution in [3.63, 3.8) is 0 Å². The van der Waals surface area contributed by atoms with Crippen LogP contribution >= 0.6 is 11.6 Å². The minimum absolute atomic E-state index is 0.643. The third-order valence-corrected chi connectivity index (χ3v) is 5.03. The minimum atomic E-state index is 0.643. The van der Waals surface area contributed by atoms with Crippen molar-refractivity contribution in [3.05, 3.63) is 58.1 Å². The van der Waals surface area contributed by atoms with Gasteiger partial charge in [-0.1, -0.05) is 37.6 Å². The molecular formula is C21H29ClN2. The van der Waals surface area contributed by atoms with Crippen LogP contribution in [0.25, 0.3) is 0 Å². The molecule has 2 N–H and O–H groups in total. The molecule has 0 atom stereocenters. The zero-order valence-corrected chi connectivity index (χ0v) is 16.0. The van der Waals surface area contributed by atoms with Crippen LogP contribution in [0.3, 0.4) is 0 Å². The number of hydrogen-bond acceptors (Lipinski definition) is 2. The van der Waals surface area contributed by atoms with E-state index < -0.39 is 0 Å². The number of nitrogens with zero attached hydrogens (tertiary/aromatic N) is 1. The Morgan fingerprint density at radius 3 is 1.96 bits per heavy atom. The van der Waals surface area contributed by atoms with Gasteiger partial charge >= 0.3 is 0 Å². The molecule has 2 nitrogen and oxygen atoms in total. The molecule has 1 saturated heterocycles. The van der Waals surface area contributed by atoms with E-state index in [9.17, 15) is 0 Å². The summed E-state index contributed by atoms with van der Waals surface area (Å²) in [6.45, 7) is 10.4. The first-order valence-corrected chi connectivity index (χ1v) is 9.29. The van der Waals surface area contributed by atoms with Crippen molar-refractivity contribution >= 4 is 23.0 Å². The maximum atomic E-state index is 6.06. The molecule has 1 aliphatic rings. The summed E-state index contributed by atoms with van der Waals surface area (Å²) in [5, 5.41) is 0.814. The molecule has 1 fully saturated rings. The van der Waals surface area contributed by atoms with Gasteiger partial charge < -0.3 is 10.6 Å². The average molecular weight is 345 g/mol. The summed E-state index contributed by atoms with van der Waals surface area (Å²) in [4.78, 5) is 2.48. The summed E-state index contributed by atoms with van der Waals surface area (Å²) in [5.41, 5.74) is 12.0. The summed E-state index contributed by atoms with van der Waals surface area (Å²) in [6.07, 6.45) is 2.37. The molecule has 0 radical (unpaired) electrons. The van der Waals surface area contributed by atoms with E-state index in [4.69, 9.17) is 17.3 Å². The number of anilines is 2. The molecule has 2 aromatic carbocycles. The van der Waals surface area contributed by atoms with Crippen LogP contribution < -0.4 is 10.6 Å². The van der Waals surface area contributed by atoms with Gasteiger partial charge in [0.15, 0.2) is 0 Å². The fourth-order valence-corrected chi connectivity index (χ4v) is 3.47. The molecule has 130 valence electrons. The molecule has 1 heterocycles. The Kier molecular flexibility index (Phi) is 6.56. The molecule has 3 heteroatoms. The lowest BCUT2D eigenvalue weighted by atomic mass is 9.89. The smallest absolute Gasteiger partial charge is 0.0406 e. The predicted octanol–water partition coefficient (Wildman–Crippen LogP) is 5.95. The van der Waals surface area contributed by atoms with E-state index in [1.807, 2.05) is 26.0 Å². The van der Waals surface area contributed by atoms with E-state index in [-0.39, 0.29) is 0 Å². The first-order chi connectivity index (χ1) is 11.5. The molecule has 0 spiro atoms. The Balaban J connectivity index is 0.00000100. The zero-order chi connectivity index (χ0) is 17.7. The van der Waals surface area contributed by atoms with Crippen molar-refractivity contribution in [1.82, 2.24) is 0 Å². The predicted molar refractivity (Wildman–Crippen MR) is 107 cm³/mol. The molecule has 0 aliphatic carbocycles.